The van der Waals surface area contributed by atoms with E-state index in [2.05, 4.69) is 17.2 Å². The molecule has 1 atom stereocenters. The fraction of sp³-hybridized carbons (Fsp3) is 0.438. The molecule has 2 heterocycles. The van der Waals surface area contributed by atoms with E-state index < -0.39 is 0 Å². The van der Waals surface area contributed by atoms with Gasteiger partial charge >= 0.3 is 0 Å². The van der Waals surface area contributed by atoms with Crippen LogP contribution in [0, 0.1) is 0 Å². The van der Waals surface area contributed by atoms with E-state index in [9.17, 15) is 5.11 Å². The minimum Gasteiger partial charge on any atom is -0.454 e. The number of rotatable bonds is 6. The average molecular weight is 320 g/mol. The first-order valence-electron chi connectivity index (χ1n) is 7.34. The van der Waals surface area contributed by atoms with E-state index >= 15 is 0 Å². The molecule has 1 aliphatic heterocycles. The molecule has 0 saturated heterocycles. The molecule has 1 aromatic carbocycles. The highest BCUT2D eigenvalue weighted by atomic mass is 32.1. The van der Waals surface area contributed by atoms with Crippen molar-refractivity contribution >= 4 is 11.3 Å². The van der Waals surface area contributed by atoms with Crippen LogP contribution in [0.3, 0.4) is 0 Å². The van der Waals surface area contributed by atoms with Crippen molar-refractivity contribution in [2.24, 2.45) is 0 Å². The van der Waals surface area contributed by atoms with E-state index in [4.69, 9.17) is 9.47 Å². The van der Waals surface area contributed by atoms with Crippen LogP contribution in [0.15, 0.2) is 23.6 Å². The first-order valence-corrected chi connectivity index (χ1v) is 8.22. The van der Waals surface area contributed by atoms with Crippen LogP contribution in [0.5, 0.6) is 11.5 Å². The number of aliphatic hydroxyl groups excluding tert-OH is 1. The first kappa shape index (κ1) is 15.3. The van der Waals surface area contributed by atoms with E-state index in [1.54, 1.807) is 11.3 Å². The Morgan fingerprint density at radius 3 is 2.95 bits per heavy atom. The minimum atomic E-state index is -0.261. The smallest absolute Gasteiger partial charge is 0.231 e. The highest BCUT2D eigenvalue weighted by Gasteiger charge is 2.20. The van der Waals surface area contributed by atoms with Gasteiger partial charge in [0.15, 0.2) is 11.5 Å². The highest BCUT2D eigenvalue weighted by Crippen LogP contribution is 2.36. The maximum absolute atomic E-state index is 9.43. The Morgan fingerprint density at radius 1 is 1.36 bits per heavy atom. The number of hydrogen-bond acceptors (Lipinski definition) is 6. The van der Waals surface area contributed by atoms with Crippen molar-refractivity contribution in [3.8, 4) is 22.1 Å². The molecular weight excluding hydrogens is 300 g/mol. The third kappa shape index (κ3) is 3.09. The third-order valence-corrected chi connectivity index (χ3v) is 4.94. The van der Waals surface area contributed by atoms with Gasteiger partial charge in [0.1, 0.15) is 5.01 Å². The van der Waals surface area contributed by atoms with Crippen molar-refractivity contribution in [3.63, 3.8) is 0 Å². The molecule has 3 rings (SSSR count). The summed E-state index contributed by atoms with van der Waals surface area (Å²) in [5.74, 6) is 1.55. The summed E-state index contributed by atoms with van der Waals surface area (Å²) < 4.78 is 10.7. The number of aromatic nitrogens is 1. The van der Waals surface area contributed by atoms with Gasteiger partial charge in [-0.25, -0.2) is 4.98 Å². The van der Waals surface area contributed by atoms with Crippen LogP contribution in [0.25, 0.3) is 10.6 Å². The Labute approximate surface area is 133 Å². The molecule has 0 saturated carbocycles. The van der Waals surface area contributed by atoms with Crippen LogP contribution in [0.1, 0.15) is 26.0 Å². The predicted octanol–water partition coefficient (Wildman–Crippen LogP) is 2.79. The molecule has 0 aliphatic carbocycles. The fourth-order valence-electron chi connectivity index (χ4n) is 2.15. The van der Waals surface area contributed by atoms with Crippen molar-refractivity contribution in [1.82, 2.24) is 10.3 Å². The monoisotopic (exact) mass is 320 g/mol. The second kappa shape index (κ2) is 6.24. The number of hydrogen-bond donors (Lipinski definition) is 2. The molecule has 0 bridgehead atoms. The Hall–Kier alpha value is -1.63. The second-order valence-electron chi connectivity index (χ2n) is 5.64. The number of benzene rings is 1. The number of ether oxygens (including phenoxy) is 2. The van der Waals surface area contributed by atoms with Gasteiger partial charge in [-0.2, -0.15) is 0 Å². The van der Waals surface area contributed by atoms with E-state index in [0.29, 0.717) is 6.54 Å². The normalized spacial score (nSPS) is 15.8. The lowest BCUT2D eigenvalue weighted by Gasteiger charge is -2.26. The van der Waals surface area contributed by atoms with Gasteiger partial charge in [-0.1, -0.05) is 6.92 Å². The number of fused-ring (bicyclic) bond motifs is 1. The largest absolute Gasteiger partial charge is 0.454 e. The van der Waals surface area contributed by atoms with Crippen molar-refractivity contribution < 1.29 is 14.6 Å². The molecule has 0 spiro atoms. The summed E-state index contributed by atoms with van der Waals surface area (Å²) in [6, 6.07) is 5.87. The van der Waals surface area contributed by atoms with Crippen molar-refractivity contribution in [1.29, 1.82) is 0 Å². The van der Waals surface area contributed by atoms with Gasteiger partial charge in [0.05, 0.1) is 12.3 Å². The molecule has 6 heteroatoms. The van der Waals surface area contributed by atoms with Gasteiger partial charge in [-0.3, -0.25) is 0 Å². The minimum absolute atomic E-state index is 0.114. The molecular formula is C16H20N2O3S. The second-order valence-corrected chi connectivity index (χ2v) is 6.50. The summed E-state index contributed by atoms with van der Waals surface area (Å²) in [6.07, 6.45) is 0.864. The number of nitrogens with one attached hydrogen (secondary N) is 1. The van der Waals surface area contributed by atoms with Crippen LogP contribution < -0.4 is 14.8 Å². The zero-order valence-electron chi connectivity index (χ0n) is 12.8. The summed E-state index contributed by atoms with van der Waals surface area (Å²) in [7, 11) is 0. The summed E-state index contributed by atoms with van der Waals surface area (Å²) in [5.41, 5.74) is 1.74. The zero-order chi connectivity index (χ0) is 15.6. The average Bonchev–Trinajstić information content (AvgIpc) is 3.20. The maximum atomic E-state index is 9.43. The Morgan fingerprint density at radius 2 is 2.18 bits per heavy atom. The predicted molar refractivity (Wildman–Crippen MR) is 86.3 cm³/mol. The van der Waals surface area contributed by atoms with Gasteiger partial charge in [0, 0.05) is 23.0 Å². The highest BCUT2D eigenvalue weighted by molar-refractivity contribution is 7.13. The van der Waals surface area contributed by atoms with Crippen LogP contribution in [0.2, 0.25) is 0 Å². The molecule has 0 radical (unpaired) electrons. The van der Waals surface area contributed by atoms with Crippen LogP contribution in [-0.4, -0.2) is 29.0 Å². The molecule has 2 aromatic rings. The summed E-state index contributed by atoms with van der Waals surface area (Å²) in [4.78, 5) is 4.66. The number of nitrogens with zero attached hydrogens (tertiary/aromatic N) is 1. The lowest BCUT2D eigenvalue weighted by Crippen LogP contribution is -2.44. The molecule has 1 aliphatic rings. The molecule has 1 aromatic heterocycles. The van der Waals surface area contributed by atoms with Crippen molar-refractivity contribution in [2.45, 2.75) is 32.4 Å². The van der Waals surface area contributed by atoms with Gasteiger partial charge in [-0.15, -0.1) is 11.3 Å². The summed E-state index contributed by atoms with van der Waals surface area (Å²) >= 11 is 1.60. The quantitative estimate of drug-likeness (QED) is 0.857. The van der Waals surface area contributed by atoms with Gasteiger partial charge < -0.3 is 19.9 Å². The van der Waals surface area contributed by atoms with Crippen LogP contribution in [0.4, 0.5) is 0 Å². The summed E-state index contributed by atoms with van der Waals surface area (Å²) in [5, 5.41) is 15.8. The zero-order valence-corrected chi connectivity index (χ0v) is 13.6. The van der Waals surface area contributed by atoms with Gasteiger partial charge in [0.2, 0.25) is 6.79 Å². The first-order chi connectivity index (χ1) is 10.6. The van der Waals surface area contributed by atoms with Crippen molar-refractivity contribution in [3.05, 3.63) is 29.3 Å². The SMILES string of the molecule is CCC(C)(CO)NCc1csc(-c2ccc3c(c2)OCO3)n1. The fourth-order valence-corrected chi connectivity index (χ4v) is 2.96. The summed E-state index contributed by atoms with van der Waals surface area (Å²) in [6.45, 7) is 5.11. The lowest BCUT2D eigenvalue weighted by molar-refractivity contribution is 0.168. The maximum Gasteiger partial charge on any atom is 0.231 e. The number of aliphatic hydroxyl groups is 1. The Kier molecular flexibility index (Phi) is 4.33. The lowest BCUT2D eigenvalue weighted by atomic mass is 10.0. The Balaban J connectivity index is 1.71. The molecule has 0 fully saturated rings. The van der Waals surface area contributed by atoms with Gasteiger partial charge in [-0.05, 0) is 31.5 Å². The molecule has 1 unspecified atom stereocenters. The van der Waals surface area contributed by atoms with E-state index in [-0.39, 0.29) is 18.9 Å². The molecule has 2 N–H and O–H groups in total. The third-order valence-electron chi connectivity index (χ3n) is 4.00. The van der Waals surface area contributed by atoms with E-state index in [1.807, 2.05) is 30.5 Å². The molecule has 118 valence electrons. The Bertz CT molecular complexity index is 653. The van der Waals surface area contributed by atoms with Crippen LogP contribution >= 0.6 is 11.3 Å². The number of thiazole rings is 1. The topological polar surface area (TPSA) is 63.6 Å². The molecule has 5 nitrogen and oxygen atoms in total. The molecule has 0 amide bonds. The van der Waals surface area contributed by atoms with Crippen molar-refractivity contribution in [2.75, 3.05) is 13.4 Å². The van der Waals surface area contributed by atoms with Gasteiger partial charge in [0.25, 0.3) is 0 Å². The standard InChI is InChI=1S/C16H20N2O3S/c1-3-16(2,9-19)17-7-12-8-22-15(18-12)11-4-5-13-14(6-11)21-10-20-13/h4-6,8,17,19H,3,7,9-10H2,1-2H3. The van der Waals surface area contributed by atoms with E-state index in [0.717, 1.165) is 34.2 Å². The van der Waals surface area contributed by atoms with E-state index in [1.165, 1.54) is 0 Å². The van der Waals surface area contributed by atoms with Crippen LogP contribution in [-0.2, 0) is 6.54 Å². The molecule has 22 heavy (non-hydrogen) atoms.